The van der Waals surface area contributed by atoms with Gasteiger partial charge in [0.25, 0.3) is 0 Å². The summed E-state index contributed by atoms with van der Waals surface area (Å²) in [5.41, 5.74) is 2.74. The minimum atomic E-state index is 0.0649. The lowest BCUT2D eigenvalue weighted by Crippen LogP contribution is -2.27. The van der Waals surface area contributed by atoms with Gasteiger partial charge in [-0.2, -0.15) is 0 Å². The van der Waals surface area contributed by atoms with E-state index < -0.39 is 0 Å². The molecule has 0 aromatic heterocycles. The number of hydrogen-bond donors (Lipinski definition) is 0. The first-order valence-electron chi connectivity index (χ1n) is 10.1. The standard InChI is InChI=1S/C24H34O2S/c1-6-7-20-8-14-24(15-9-20)27-17-23(26-19(4)5)16-25-22-12-10-21(11-13-22)18(2)3/h8-15,18-19,23H,6-7,16-17H2,1-5H3. The van der Waals surface area contributed by atoms with Crippen molar-refractivity contribution in [2.24, 2.45) is 0 Å². The van der Waals surface area contributed by atoms with Crippen molar-refractivity contribution in [2.75, 3.05) is 12.4 Å². The zero-order valence-electron chi connectivity index (χ0n) is 17.4. The van der Waals surface area contributed by atoms with E-state index in [4.69, 9.17) is 9.47 Å². The number of thioether (sulfide) groups is 1. The van der Waals surface area contributed by atoms with Crippen LogP contribution in [0.2, 0.25) is 0 Å². The summed E-state index contributed by atoms with van der Waals surface area (Å²) in [5, 5.41) is 0. The minimum absolute atomic E-state index is 0.0649. The van der Waals surface area contributed by atoms with Gasteiger partial charge in [0, 0.05) is 10.6 Å². The van der Waals surface area contributed by atoms with Crippen LogP contribution in [0, 0.1) is 0 Å². The number of ether oxygens (including phenoxy) is 2. The van der Waals surface area contributed by atoms with Crippen LogP contribution in [-0.2, 0) is 11.2 Å². The lowest BCUT2D eigenvalue weighted by atomic mass is 10.0. The third-order valence-electron chi connectivity index (χ3n) is 4.35. The maximum absolute atomic E-state index is 6.07. The second-order valence-electron chi connectivity index (χ2n) is 7.55. The van der Waals surface area contributed by atoms with Gasteiger partial charge in [-0.25, -0.2) is 0 Å². The van der Waals surface area contributed by atoms with Gasteiger partial charge >= 0.3 is 0 Å². The van der Waals surface area contributed by atoms with Crippen molar-refractivity contribution in [3.8, 4) is 5.75 Å². The number of benzene rings is 2. The van der Waals surface area contributed by atoms with Crippen LogP contribution >= 0.6 is 11.8 Å². The van der Waals surface area contributed by atoms with E-state index in [-0.39, 0.29) is 12.2 Å². The van der Waals surface area contributed by atoms with Gasteiger partial charge in [0.2, 0.25) is 0 Å². The molecule has 2 aromatic rings. The molecule has 0 aliphatic rings. The summed E-state index contributed by atoms with van der Waals surface area (Å²) >= 11 is 1.83. The lowest BCUT2D eigenvalue weighted by Gasteiger charge is -2.21. The molecule has 2 aromatic carbocycles. The van der Waals surface area contributed by atoms with Gasteiger partial charge < -0.3 is 9.47 Å². The normalized spacial score (nSPS) is 12.6. The van der Waals surface area contributed by atoms with Gasteiger partial charge in [0.15, 0.2) is 0 Å². The second-order valence-corrected chi connectivity index (χ2v) is 8.64. The fraction of sp³-hybridized carbons (Fsp3) is 0.500. The monoisotopic (exact) mass is 386 g/mol. The van der Waals surface area contributed by atoms with Crippen molar-refractivity contribution in [3.05, 3.63) is 59.7 Å². The molecule has 0 aliphatic heterocycles. The average molecular weight is 387 g/mol. The van der Waals surface area contributed by atoms with Gasteiger partial charge in [-0.05, 0) is 61.6 Å². The van der Waals surface area contributed by atoms with E-state index in [0.29, 0.717) is 12.5 Å². The Labute approximate surface area is 169 Å². The smallest absolute Gasteiger partial charge is 0.119 e. The van der Waals surface area contributed by atoms with Crippen LogP contribution in [0.5, 0.6) is 5.75 Å². The first-order chi connectivity index (χ1) is 13.0. The summed E-state index contributed by atoms with van der Waals surface area (Å²) in [7, 11) is 0. The molecule has 0 saturated heterocycles. The highest BCUT2D eigenvalue weighted by atomic mass is 32.2. The molecule has 0 amide bonds. The molecule has 0 spiro atoms. The van der Waals surface area contributed by atoms with Gasteiger partial charge in [-0.3, -0.25) is 0 Å². The Morgan fingerprint density at radius 1 is 0.889 bits per heavy atom. The van der Waals surface area contributed by atoms with Gasteiger partial charge in [-0.15, -0.1) is 11.8 Å². The summed E-state index contributed by atoms with van der Waals surface area (Å²) in [5.74, 6) is 2.33. The quantitative estimate of drug-likeness (QED) is 0.399. The number of rotatable bonds is 11. The molecule has 1 unspecified atom stereocenters. The molecule has 1 atom stereocenters. The highest BCUT2D eigenvalue weighted by Gasteiger charge is 2.13. The molecule has 0 bridgehead atoms. The van der Waals surface area contributed by atoms with Crippen LogP contribution in [0.4, 0.5) is 0 Å². The number of aryl methyl sites for hydroxylation is 1. The molecule has 0 heterocycles. The van der Waals surface area contributed by atoms with E-state index >= 15 is 0 Å². The van der Waals surface area contributed by atoms with Crippen LogP contribution in [0.25, 0.3) is 0 Å². The van der Waals surface area contributed by atoms with Gasteiger partial charge in [-0.1, -0.05) is 51.5 Å². The van der Waals surface area contributed by atoms with E-state index in [2.05, 4.69) is 83.1 Å². The fourth-order valence-electron chi connectivity index (χ4n) is 2.88. The summed E-state index contributed by atoms with van der Waals surface area (Å²) in [6, 6.07) is 17.3. The molecular formula is C24H34O2S. The van der Waals surface area contributed by atoms with E-state index in [1.807, 2.05) is 11.8 Å². The van der Waals surface area contributed by atoms with Crippen molar-refractivity contribution in [1.82, 2.24) is 0 Å². The van der Waals surface area contributed by atoms with E-state index in [0.717, 1.165) is 17.9 Å². The summed E-state index contributed by atoms with van der Waals surface area (Å²) < 4.78 is 12.1. The van der Waals surface area contributed by atoms with Crippen molar-refractivity contribution in [1.29, 1.82) is 0 Å². The Kier molecular flexibility index (Phi) is 9.23. The fourth-order valence-corrected chi connectivity index (χ4v) is 3.76. The average Bonchev–Trinajstić information content (AvgIpc) is 2.65. The largest absolute Gasteiger partial charge is 0.491 e. The van der Waals surface area contributed by atoms with Crippen LogP contribution in [0.15, 0.2) is 53.4 Å². The van der Waals surface area contributed by atoms with Crippen LogP contribution < -0.4 is 4.74 Å². The molecule has 3 heteroatoms. The molecule has 0 fully saturated rings. The van der Waals surface area contributed by atoms with Crippen LogP contribution in [0.1, 0.15) is 58.1 Å². The molecule has 0 saturated carbocycles. The molecule has 0 aliphatic carbocycles. The Balaban J connectivity index is 1.88. The summed E-state index contributed by atoms with van der Waals surface area (Å²) in [6.07, 6.45) is 2.59. The van der Waals surface area contributed by atoms with Crippen molar-refractivity contribution >= 4 is 11.8 Å². The highest BCUT2D eigenvalue weighted by Crippen LogP contribution is 2.23. The van der Waals surface area contributed by atoms with Crippen molar-refractivity contribution < 1.29 is 9.47 Å². The van der Waals surface area contributed by atoms with Crippen molar-refractivity contribution in [3.63, 3.8) is 0 Å². The first kappa shape index (κ1) is 21.8. The maximum atomic E-state index is 6.07. The van der Waals surface area contributed by atoms with E-state index in [1.165, 1.54) is 22.4 Å². The lowest BCUT2D eigenvalue weighted by molar-refractivity contribution is -0.00354. The predicted molar refractivity (Wildman–Crippen MR) is 117 cm³/mol. The first-order valence-corrected chi connectivity index (χ1v) is 11.1. The highest BCUT2D eigenvalue weighted by molar-refractivity contribution is 7.99. The topological polar surface area (TPSA) is 18.5 Å². The summed E-state index contributed by atoms with van der Waals surface area (Å²) in [4.78, 5) is 1.29. The molecule has 27 heavy (non-hydrogen) atoms. The Bertz CT molecular complexity index is 647. The Morgan fingerprint density at radius 2 is 1.56 bits per heavy atom. The zero-order chi connectivity index (χ0) is 19.6. The molecule has 148 valence electrons. The van der Waals surface area contributed by atoms with Gasteiger partial charge in [0.1, 0.15) is 18.5 Å². The minimum Gasteiger partial charge on any atom is -0.491 e. The van der Waals surface area contributed by atoms with Crippen LogP contribution in [0.3, 0.4) is 0 Å². The molecule has 0 N–H and O–H groups in total. The second kappa shape index (κ2) is 11.4. The molecule has 2 rings (SSSR count). The SMILES string of the molecule is CCCc1ccc(SCC(COc2ccc(C(C)C)cc2)OC(C)C)cc1. The van der Waals surface area contributed by atoms with Gasteiger partial charge in [0.05, 0.1) is 6.10 Å². The predicted octanol–water partition coefficient (Wildman–Crippen LogP) is 6.73. The van der Waals surface area contributed by atoms with E-state index in [1.54, 1.807) is 0 Å². The Hall–Kier alpha value is -1.45. The zero-order valence-corrected chi connectivity index (χ0v) is 18.2. The Morgan fingerprint density at radius 3 is 2.11 bits per heavy atom. The van der Waals surface area contributed by atoms with Crippen LogP contribution in [-0.4, -0.2) is 24.6 Å². The molecule has 2 nitrogen and oxygen atoms in total. The maximum Gasteiger partial charge on any atom is 0.119 e. The van der Waals surface area contributed by atoms with Crippen molar-refractivity contribution in [2.45, 2.75) is 70.5 Å². The summed E-state index contributed by atoms with van der Waals surface area (Å²) in [6.45, 7) is 11.3. The van der Waals surface area contributed by atoms with E-state index in [9.17, 15) is 0 Å². The molecular weight excluding hydrogens is 352 g/mol. The number of hydrogen-bond acceptors (Lipinski definition) is 3. The third kappa shape index (κ3) is 7.98. The molecule has 0 radical (unpaired) electrons. The third-order valence-corrected chi connectivity index (χ3v) is 5.49.